The number of nitrogens with one attached hydrogen (secondary N) is 1. The van der Waals surface area contributed by atoms with E-state index in [4.69, 9.17) is 9.94 Å². The molecule has 0 saturated carbocycles. The van der Waals surface area contributed by atoms with Crippen molar-refractivity contribution in [3.63, 3.8) is 0 Å². The Hall–Kier alpha value is -2.33. The quantitative estimate of drug-likeness (QED) is 0.332. The van der Waals surface area contributed by atoms with Crippen molar-refractivity contribution in [1.82, 2.24) is 5.48 Å². The predicted molar refractivity (Wildman–Crippen MR) is 91.6 cm³/mol. The van der Waals surface area contributed by atoms with Gasteiger partial charge in [0.15, 0.2) is 0 Å². The summed E-state index contributed by atoms with van der Waals surface area (Å²) in [6.07, 6.45) is 5.08. The Bertz CT molecular complexity index is 674. The van der Waals surface area contributed by atoms with Gasteiger partial charge in [0.1, 0.15) is 12.4 Å². The summed E-state index contributed by atoms with van der Waals surface area (Å²) in [4.78, 5) is 10.9. The highest BCUT2D eigenvalue weighted by molar-refractivity contribution is 5.88. The van der Waals surface area contributed by atoms with Crippen LogP contribution in [0.15, 0.2) is 54.1 Å². The molecule has 2 aromatic rings. The normalized spacial score (nSPS) is 11.5. The van der Waals surface area contributed by atoms with Crippen molar-refractivity contribution >= 4 is 16.7 Å². The average Bonchev–Trinajstić information content (AvgIpc) is 2.59. The Labute approximate surface area is 136 Å². The molecule has 0 unspecified atom stereocenters. The van der Waals surface area contributed by atoms with Gasteiger partial charge in [-0.2, -0.15) is 0 Å². The first kappa shape index (κ1) is 17.0. The molecule has 2 rings (SSSR count). The second-order valence-corrected chi connectivity index (χ2v) is 5.60. The third-order valence-corrected chi connectivity index (χ3v) is 3.68. The molecule has 0 aliphatic rings. The molecular weight excluding hydrogens is 290 g/mol. The topological polar surface area (TPSA) is 58.6 Å². The van der Waals surface area contributed by atoms with E-state index in [1.165, 1.54) is 11.0 Å². The average molecular weight is 313 g/mol. The maximum Gasteiger partial charge on any atom is 0.243 e. The molecule has 23 heavy (non-hydrogen) atoms. The van der Waals surface area contributed by atoms with Crippen LogP contribution in [0.25, 0.3) is 10.8 Å². The zero-order valence-corrected chi connectivity index (χ0v) is 13.4. The number of hydrogen-bond acceptors (Lipinski definition) is 3. The fourth-order valence-electron chi connectivity index (χ4n) is 2.41. The summed E-state index contributed by atoms with van der Waals surface area (Å²) in [6.45, 7) is 2.61. The van der Waals surface area contributed by atoms with Gasteiger partial charge in [0.05, 0.1) is 0 Å². The van der Waals surface area contributed by atoms with E-state index in [1.807, 2.05) is 31.2 Å². The minimum atomic E-state index is -0.329. The summed E-state index contributed by atoms with van der Waals surface area (Å²) < 4.78 is 5.93. The van der Waals surface area contributed by atoms with E-state index in [2.05, 4.69) is 24.3 Å². The molecule has 2 aromatic carbocycles. The van der Waals surface area contributed by atoms with Crippen molar-refractivity contribution in [2.24, 2.45) is 0 Å². The molecule has 0 aliphatic carbocycles. The molecule has 4 nitrogen and oxygen atoms in total. The van der Waals surface area contributed by atoms with Gasteiger partial charge in [-0.3, -0.25) is 10.0 Å². The lowest BCUT2D eigenvalue weighted by Crippen LogP contribution is -2.17. The minimum Gasteiger partial charge on any atom is -0.489 e. The van der Waals surface area contributed by atoms with Crippen LogP contribution in [0, 0.1) is 0 Å². The number of fused-ring (bicyclic) bond motifs is 1. The summed E-state index contributed by atoms with van der Waals surface area (Å²) in [7, 11) is 0. The van der Waals surface area contributed by atoms with Gasteiger partial charge in [0, 0.05) is 11.8 Å². The van der Waals surface area contributed by atoms with Crippen molar-refractivity contribution in [2.75, 3.05) is 6.61 Å². The van der Waals surface area contributed by atoms with Crippen molar-refractivity contribution in [3.05, 3.63) is 54.1 Å². The fraction of sp³-hybridized carbons (Fsp3) is 0.316. The van der Waals surface area contributed by atoms with E-state index in [0.717, 1.165) is 30.4 Å². The highest BCUT2D eigenvalue weighted by Gasteiger charge is 2.01. The van der Waals surface area contributed by atoms with E-state index in [1.54, 1.807) is 5.48 Å². The Morgan fingerprint density at radius 3 is 2.78 bits per heavy atom. The second kappa shape index (κ2) is 8.96. The maximum atomic E-state index is 10.9. The molecule has 0 radical (unpaired) electrons. The number of carbonyl (C=O) groups is 1. The number of hydroxylamine groups is 1. The molecule has 122 valence electrons. The number of amides is 1. The van der Waals surface area contributed by atoms with Gasteiger partial charge in [-0.25, -0.2) is 5.48 Å². The van der Waals surface area contributed by atoms with Gasteiger partial charge in [0.25, 0.3) is 0 Å². The minimum absolute atomic E-state index is 0.329. The molecule has 0 heterocycles. The van der Waals surface area contributed by atoms with Crippen LogP contribution < -0.4 is 10.2 Å². The maximum absolute atomic E-state index is 10.9. The number of rotatable bonds is 8. The first-order valence-corrected chi connectivity index (χ1v) is 7.90. The van der Waals surface area contributed by atoms with E-state index < -0.39 is 0 Å². The third kappa shape index (κ3) is 5.42. The van der Waals surface area contributed by atoms with Crippen LogP contribution in [-0.2, 0) is 4.79 Å². The first-order chi connectivity index (χ1) is 11.2. The zero-order chi connectivity index (χ0) is 16.5. The standard InChI is InChI=1S/C19H23NO3/c1-15(8-3-2-4-13-19(21)20-22)14-23-18-12-7-10-16-9-5-6-11-17(16)18/h5-12,22H,2-4,13-14H2,1H3,(H,20,21)/b15-8-. The Morgan fingerprint density at radius 1 is 1.17 bits per heavy atom. The van der Waals surface area contributed by atoms with Crippen LogP contribution in [0.5, 0.6) is 5.75 Å². The second-order valence-electron chi connectivity index (χ2n) is 5.60. The van der Waals surface area contributed by atoms with Gasteiger partial charge in [-0.15, -0.1) is 0 Å². The molecule has 0 saturated heterocycles. The molecule has 0 aliphatic heterocycles. The lowest BCUT2D eigenvalue weighted by atomic mass is 10.1. The molecule has 0 aromatic heterocycles. The summed E-state index contributed by atoms with van der Waals surface area (Å²) in [5.74, 6) is 0.570. The summed E-state index contributed by atoms with van der Waals surface area (Å²) in [5.41, 5.74) is 2.81. The van der Waals surface area contributed by atoms with E-state index in [0.29, 0.717) is 13.0 Å². The number of hydrogen-bond donors (Lipinski definition) is 2. The van der Waals surface area contributed by atoms with E-state index in [-0.39, 0.29) is 5.91 Å². The Kier molecular flexibility index (Phi) is 6.63. The number of carbonyl (C=O) groups excluding carboxylic acids is 1. The number of unbranched alkanes of at least 4 members (excludes halogenated alkanes) is 2. The van der Waals surface area contributed by atoms with Crippen molar-refractivity contribution in [3.8, 4) is 5.75 Å². The summed E-state index contributed by atoms with van der Waals surface area (Å²) in [5, 5.41) is 10.7. The predicted octanol–water partition coefficient (Wildman–Crippen LogP) is 4.23. The molecular formula is C19H23NO3. The Balaban J connectivity index is 1.80. The van der Waals surface area contributed by atoms with Crippen molar-refractivity contribution < 1.29 is 14.7 Å². The largest absolute Gasteiger partial charge is 0.489 e. The lowest BCUT2D eigenvalue weighted by molar-refractivity contribution is -0.129. The van der Waals surface area contributed by atoms with Gasteiger partial charge in [-0.1, -0.05) is 42.5 Å². The van der Waals surface area contributed by atoms with E-state index in [9.17, 15) is 4.79 Å². The van der Waals surface area contributed by atoms with Crippen LogP contribution >= 0.6 is 0 Å². The fourth-order valence-corrected chi connectivity index (χ4v) is 2.41. The summed E-state index contributed by atoms with van der Waals surface area (Å²) >= 11 is 0. The van der Waals surface area contributed by atoms with Gasteiger partial charge >= 0.3 is 0 Å². The number of benzene rings is 2. The molecule has 1 amide bonds. The monoisotopic (exact) mass is 313 g/mol. The molecule has 2 N–H and O–H groups in total. The molecule has 0 atom stereocenters. The van der Waals surface area contributed by atoms with E-state index >= 15 is 0 Å². The molecule has 0 fully saturated rings. The summed E-state index contributed by atoms with van der Waals surface area (Å²) in [6, 6.07) is 14.2. The third-order valence-electron chi connectivity index (χ3n) is 3.68. The molecule has 0 spiro atoms. The van der Waals surface area contributed by atoms with Crippen molar-refractivity contribution in [1.29, 1.82) is 0 Å². The highest BCUT2D eigenvalue weighted by atomic mass is 16.5. The van der Waals surface area contributed by atoms with Gasteiger partial charge in [-0.05, 0) is 43.2 Å². The first-order valence-electron chi connectivity index (χ1n) is 7.90. The van der Waals surface area contributed by atoms with Gasteiger partial charge in [0.2, 0.25) is 5.91 Å². The highest BCUT2D eigenvalue weighted by Crippen LogP contribution is 2.25. The van der Waals surface area contributed by atoms with Crippen LogP contribution in [0.3, 0.4) is 0 Å². The Morgan fingerprint density at radius 2 is 1.96 bits per heavy atom. The van der Waals surface area contributed by atoms with Crippen LogP contribution in [-0.4, -0.2) is 17.7 Å². The number of ether oxygens (including phenoxy) is 1. The lowest BCUT2D eigenvalue weighted by Gasteiger charge is -2.09. The molecule has 0 bridgehead atoms. The van der Waals surface area contributed by atoms with Gasteiger partial charge < -0.3 is 4.74 Å². The molecule has 4 heteroatoms. The SMILES string of the molecule is C/C(=C/CCCCC(=O)NO)COc1cccc2ccccc12. The number of allylic oxidation sites excluding steroid dienone is 1. The van der Waals surface area contributed by atoms with Crippen LogP contribution in [0.4, 0.5) is 0 Å². The smallest absolute Gasteiger partial charge is 0.243 e. The zero-order valence-electron chi connectivity index (χ0n) is 13.4. The van der Waals surface area contributed by atoms with Crippen molar-refractivity contribution in [2.45, 2.75) is 32.6 Å². The van der Waals surface area contributed by atoms with Crippen LogP contribution in [0.2, 0.25) is 0 Å². The van der Waals surface area contributed by atoms with Crippen LogP contribution in [0.1, 0.15) is 32.6 Å².